The second-order valence-electron chi connectivity index (χ2n) is 4.94. The number of nitrogens with zero attached hydrogens (tertiary/aromatic N) is 3. The van der Waals surface area contributed by atoms with Gasteiger partial charge in [0.05, 0.1) is 24.9 Å². The minimum atomic E-state index is -0.156. The van der Waals surface area contributed by atoms with Gasteiger partial charge in [0.15, 0.2) is 0 Å². The van der Waals surface area contributed by atoms with Gasteiger partial charge in [-0.15, -0.1) is 5.10 Å². The fourth-order valence-corrected chi connectivity index (χ4v) is 2.44. The Hall–Kier alpha value is -0.980. The molecule has 2 rings (SSSR count). The Morgan fingerprint density at radius 2 is 2.22 bits per heavy atom. The molecule has 1 aromatic rings. The van der Waals surface area contributed by atoms with Crippen LogP contribution in [0.4, 0.5) is 0 Å². The summed E-state index contributed by atoms with van der Waals surface area (Å²) in [5, 5.41) is 29.8. The third-order valence-corrected chi connectivity index (χ3v) is 3.50. The summed E-state index contributed by atoms with van der Waals surface area (Å²) in [6, 6.07) is 0. The highest BCUT2D eigenvalue weighted by Crippen LogP contribution is 2.23. The van der Waals surface area contributed by atoms with Crippen molar-refractivity contribution in [3.8, 4) is 0 Å². The van der Waals surface area contributed by atoms with Gasteiger partial charge in [0.2, 0.25) is 0 Å². The zero-order chi connectivity index (χ0) is 12.8. The molecule has 102 valence electrons. The molecule has 6 nitrogen and oxygen atoms in total. The summed E-state index contributed by atoms with van der Waals surface area (Å²) in [5.74, 6) is 0.367. The third kappa shape index (κ3) is 3.76. The van der Waals surface area contributed by atoms with E-state index < -0.39 is 0 Å². The highest BCUT2D eigenvalue weighted by atomic mass is 16.3. The van der Waals surface area contributed by atoms with Crippen LogP contribution in [0.15, 0.2) is 6.20 Å². The average molecular weight is 254 g/mol. The van der Waals surface area contributed by atoms with E-state index in [2.05, 4.69) is 15.6 Å². The maximum Gasteiger partial charge on any atom is 0.0964 e. The molecule has 1 aliphatic rings. The van der Waals surface area contributed by atoms with Crippen molar-refractivity contribution in [2.45, 2.75) is 44.9 Å². The van der Waals surface area contributed by atoms with Crippen LogP contribution >= 0.6 is 0 Å². The molecule has 0 amide bonds. The Morgan fingerprint density at radius 1 is 1.39 bits per heavy atom. The van der Waals surface area contributed by atoms with Gasteiger partial charge in [-0.2, -0.15) is 0 Å². The first kappa shape index (κ1) is 13.5. The number of aromatic nitrogens is 3. The van der Waals surface area contributed by atoms with Gasteiger partial charge >= 0.3 is 0 Å². The highest BCUT2D eigenvalue weighted by Gasteiger charge is 2.22. The van der Waals surface area contributed by atoms with Crippen LogP contribution in [-0.2, 0) is 13.1 Å². The molecule has 0 spiro atoms. The van der Waals surface area contributed by atoms with E-state index in [0.717, 1.165) is 31.5 Å². The van der Waals surface area contributed by atoms with Crippen molar-refractivity contribution in [2.24, 2.45) is 5.92 Å². The fourth-order valence-electron chi connectivity index (χ4n) is 2.44. The Labute approximate surface area is 107 Å². The summed E-state index contributed by atoms with van der Waals surface area (Å²) in [4.78, 5) is 0. The summed E-state index contributed by atoms with van der Waals surface area (Å²) in [6.07, 6.45) is 6.07. The lowest BCUT2D eigenvalue weighted by Gasteiger charge is -2.27. The summed E-state index contributed by atoms with van der Waals surface area (Å²) in [6.45, 7) is 2.04. The van der Waals surface area contributed by atoms with Gasteiger partial charge in [-0.05, 0) is 18.8 Å². The van der Waals surface area contributed by atoms with Crippen LogP contribution in [0.2, 0.25) is 0 Å². The molecular weight excluding hydrogens is 232 g/mol. The maximum absolute atomic E-state index is 9.84. The van der Waals surface area contributed by atoms with Gasteiger partial charge in [-0.25, -0.2) is 4.68 Å². The minimum Gasteiger partial charge on any atom is -0.394 e. The quantitative estimate of drug-likeness (QED) is 0.661. The molecular formula is C12H22N4O2. The predicted octanol–water partition coefficient (Wildman–Crippen LogP) is -0.0889. The molecule has 0 bridgehead atoms. The number of nitrogens with one attached hydrogen (secondary N) is 1. The zero-order valence-electron chi connectivity index (χ0n) is 10.6. The van der Waals surface area contributed by atoms with E-state index in [1.165, 1.54) is 6.42 Å². The summed E-state index contributed by atoms with van der Waals surface area (Å²) >= 11 is 0. The lowest BCUT2D eigenvalue weighted by molar-refractivity contribution is 0.0694. The number of hydrogen-bond donors (Lipinski definition) is 3. The molecule has 1 aromatic heterocycles. The Balaban J connectivity index is 1.70. The van der Waals surface area contributed by atoms with E-state index in [1.807, 2.05) is 6.20 Å². The maximum atomic E-state index is 9.84. The second kappa shape index (κ2) is 6.82. The number of aliphatic hydroxyl groups excluding tert-OH is 2. The summed E-state index contributed by atoms with van der Waals surface area (Å²) < 4.78 is 1.63. The van der Waals surface area contributed by atoms with Gasteiger partial charge < -0.3 is 15.5 Å². The van der Waals surface area contributed by atoms with Crippen LogP contribution in [-0.4, -0.2) is 44.5 Å². The minimum absolute atomic E-state index is 0.0739. The second-order valence-corrected chi connectivity index (χ2v) is 4.94. The lowest BCUT2D eigenvalue weighted by atomic mass is 9.86. The van der Waals surface area contributed by atoms with E-state index in [9.17, 15) is 5.11 Å². The van der Waals surface area contributed by atoms with Crippen LogP contribution < -0.4 is 5.32 Å². The van der Waals surface area contributed by atoms with Gasteiger partial charge in [0.25, 0.3) is 0 Å². The summed E-state index contributed by atoms with van der Waals surface area (Å²) in [7, 11) is 0. The molecule has 0 radical (unpaired) electrons. The molecule has 18 heavy (non-hydrogen) atoms. The van der Waals surface area contributed by atoms with E-state index in [0.29, 0.717) is 19.0 Å². The van der Waals surface area contributed by atoms with Gasteiger partial charge in [0, 0.05) is 19.3 Å². The van der Waals surface area contributed by atoms with Crippen LogP contribution in [0.3, 0.4) is 0 Å². The molecule has 1 aliphatic carbocycles. The molecule has 1 saturated carbocycles. The molecule has 2 unspecified atom stereocenters. The predicted molar refractivity (Wildman–Crippen MR) is 66.8 cm³/mol. The SMILES string of the molecule is OCCn1cc(CNCC2CCCCC2O)nn1. The first-order valence-corrected chi connectivity index (χ1v) is 6.68. The topological polar surface area (TPSA) is 83.2 Å². The zero-order valence-corrected chi connectivity index (χ0v) is 10.6. The Morgan fingerprint density at radius 3 is 3.00 bits per heavy atom. The number of aliphatic hydroxyl groups is 2. The highest BCUT2D eigenvalue weighted by molar-refractivity contribution is 4.91. The van der Waals surface area contributed by atoms with Gasteiger partial charge in [-0.3, -0.25) is 0 Å². The van der Waals surface area contributed by atoms with Crippen molar-refractivity contribution in [3.05, 3.63) is 11.9 Å². The van der Waals surface area contributed by atoms with Crippen LogP contribution in [0.1, 0.15) is 31.4 Å². The van der Waals surface area contributed by atoms with Crippen molar-refractivity contribution < 1.29 is 10.2 Å². The van der Waals surface area contributed by atoms with Crippen LogP contribution in [0.25, 0.3) is 0 Å². The largest absolute Gasteiger partial charge is 0.394 e. The first-order valence-electron chi connectivity index (χ1n) is 6.68. The van der Waals surface area contributed by atoms with E-state index >= 15 is 0 Å². The smallest absolute Gasteiger partial charge is 0.0964 e. The van der Waals surface area contributed by atoms with E-state index in [-0.39, 0.29) is 12.7 Å². The molecule has 0 aliphatic heterocycles. The normalized spacial score (nSPS) is 24.3. The van der Waals surface area contributed by atoms with Gasteiger partial charge in [-0.1, -0.05) is 18.1 Å². The molecule has 0 aromatic carbocycles. The van der Waals surface area contributed by atoms with Crippen LogP contribution in [0.5, 0.6) is 0 Å². The first-order chi connectivity index (χ1) is 8.79. The third-order valence-electron chi connectivity index (χ3n) is 3.50. The molecule has 0 saturated heterocycles. The fraction of sp³-hybridized carbons (Fsp3) is 0.833. The van der Waals surface area contributed by atoms with E-state index in [4.69, 9.17) is 5.11 Å². The summed E-state index contributed by atoms with van der Waals surface area (Å²) in [5.41, 5.74) is 0.869. The van der Waals surface area contributed by atoms with Crippen molar-refractivity contribution in [1.82, 2.24) is 20.3 Å². The molecule has 1 fully saturated rings. The molecule has 2 atom stereocenters. The molecule has 6 heteroatoms. The lowest BCUT2D eigenvalue weighted by Crippen LogP contribution is -2.33. The monoisotopic (exact) mass is 254 g/mol. The van der Waals surface area contributed by atoms with Crippen molar-refractivity contribution in [3.63, 3.8) is 0 Å². The van der Waals surface area contributed by atoms with Crippen molar-refractivity contribution >= 4 is 0 Å². The standard InChI is InChI=1S/C12H22N4O2/c17-6-5-16-9-11(14-15-16)8-13-7-10-3-1-2-4-12(10)18/h9-10,12-13,17-18H,1-8H2. The van der Waals surface area contributed by atoms with Crippen molar-refractivity contribution in [2.75, 3.05) is 13.2 Å². The molecule has 3 N–H and O–H groups in total. The van der Waals surface area contributed by atoms with Crippen molar-refractivity contribution in [1.29, 1.82) is 0 Å². The van der Waals surface area contributed by atoms with Gasteiger partial charge in [0.1, 0.15) is 0 Å². The number of hydrogen-bond acceptors (Lipinski definition) is 5. The van der Waals surface area contributed by atoms with E-state index in [1.54, 1.807) is 4.68 Å². The Kier molecular flexibility index (Phi) is 5.10. The average Bonchev–Trinajstić information content (AvgIpc) is 2.80. The Bertz CT molecular complexity index is 356. The number of rotatable bonds is 6. The van der Waals surface area contributed by atoms with Crippen LogP contribution in [0, 0.1) is 5.92 Å². The molecule has 1 heterocycles.